The molecule has 0 aliphatic heterocycles. The van der Waals surface area contributed by atoms with Gasteiger partial charge >= 0.3 is 0 Å². The summed E-state index contributed by atoms with van der Waals surface area (Å²) in [6, 6.07) is 3.14. The Morgan fingerprint density at radius 2 is 2.35 bits per heavy atom. The van der Waals surface area contributed by atoms with Crippen LogP contribution in [0.1, 0.15) is 10.4 Å². The van der Waals surface area contributed by atoms with Gasteiger partial charge in [-0.15, -0.1) is 5.10 Å². The van der Waals surface area contributed by atoms with Gasteiger partial charge in [-0.1, -0.05) is 5.21 Å². The van der Waals surface area contributed by atoms with Crippen molar-refractivity contribution in [1.29, 1.82) is 0 Å². The highest BCUT2D eigenvalue weighted by molar-refractivity contribution is 5.94. The Hall–Kier alpha value is -2.44. The zero-order valence-electron chi connectivity index (χ0n) is 9.08. The Labute approximate surface area is 97.6 Å². The van der Waals surface area contributed by atoms with Crippen molar-refractivity contribution in [2.24, 2.45) is 0 Å². The number of carbonyl (C=O) groups excluding carboxylic acids is 1. The third kappa shape index (κ3) is 3.00. The van der Waals surface area contributed by atoms with Crippen LogP contribution in [0.15, 0.2) is 30.7 Å². The number of hydrogen-bond acceptors (Lipinski definition) is 5. The van der Waals surface area contributed by atoms with Crippen molar-refractivity contribution in [2.75, 3.05) is 12.3 Å². The Morgan fingerprint density at radius 1 is 1.47 bits per heavy atom. The molecule has 7 nitrogen and oxygen atoms in total. The summed E-state index contributed by atoms with van der Waals surface area (Å²) >= 11 is 0. The van der Waals surface area contributed by atoms with Gasteiger partial charge in [0, 0.05) is 24.5 Å². The first-order valence-corrected chi connectivity index (χ1v) is 5.09. The van der Waals surface area contributed by atoms with Crippen molar-refractivity contribution in [3.63, 3.8) is 0 Å². The molecular weight excluding hydrogens is 220 g/mol. The van der Waals surface area contributed by atoms with Crippen molar-refractivity contribution in [1.82, 2.24) is 25.3 Å². The van der Waals surface area contributed by atoms with Crippen molar-refractivity contribution in [3.8, 4) is 0 Å². The van der Waals surface area contributed by atoms with Crippen LogP contribution in [0.3, 0.4) is 0 Å². The summed E-state index contributed by atoms with van der Waals surface area (Å²) < 4.78 is 1.64. The maximum absolute atomic E-state index is 11.7. The molecule has 2 aromatic heterocycles. The van der Waals surface area contributed by atoms with E-state index in [9.17, 15) is 4.79 Å². The number of nitrogens with one attached hydrogen (secondary N) is 1. The van der Waals surface area contributed by atoms with Gasteiger partial charge in [0.2, 0.25) is 0 Å². The van der Waals surface area contributed by atoms with E-state index in [0.29, 0.717) is 24.5 Å². The molecule has 0 fully saturated rings. The number of nitrogens with zero attached hydrogens (tertiary/aromatic N) is 4. The quantitative estimate of drug-likeness (QED) is 0.753. The molecule has 88 valence electrons. The van der Waals surface area contributed by atoms with Crippen LogP contribution >= 0.6 is 0 Å². The van der Waals surface area contributed by atoms with Gasteiger partial charge in [-0.3, -0.25) is 9.48 Å². The molecule has 2 aromatic rings. The van der Waals surface area contributed by atoms with Gasteiger partial charge in [0.1, 0.15) is 5.82 Å². The first kappa shape index (κ1) is 11.1. The minimum atomic E-state index is -0.181. The maximum atomic E-state index is 11.7. The smallest absolute Gasteiger partial charge is 0.251 e. The van der Waals surface area contributed by atoms with E-state index in [2.05, 4.69) is 20.6 Å². The van der Waals surface area contributed by atoms with Gasteiger partial charge < -0.3 is 11.1 Å². The predicted octanol–water partition coefficient (Wildman–Crippen LogP) is -0.315. The van der Waals surface area contributed by atoms with Crippen LogP contribution < -0.4 is 11.1 Å². The van der Waals surface area contributed by atoms with Gasteiger partial charge in [0.25, 0.3) is 5.91 Å². The molecule has 0 radical (unpaired) electrons. The van der Waals surface area contributed by atoms with Crippen LogP contribution in [0.5, 0.6) is 0 Å². The van der Waals surface area contributed by atoms with Crippen LogP contribution in [0.2, 0.25) is 0 Å². The second kappa shape index (κ2) is 5.06. The first-order valence-electron chi connectivity index (χ1n) is 5.09. The molecule has 0 aromatic carbocycles. The summed E-state index contributed by atoms with van der Waals surface area (Å²) in [5, 5.41) is 10.2. The van der Waals surface area contributed by atoms with Crippen molar-refractivity contribution in [3.05, 3.63) is 36.3 Å². The van der Waals surface area contributed by atoms with Crippen LogP contribution in [0, 0.1) is 0 Å². The van der Waals surface area contributed by atoms with Crippen molar-refractivity contribution >= 4 is 11.7 Å². The minimum Gasteiger partial charge on any atom is -0.384 e. The highest BCUT2D eigenvalue weighted by Gasteiger charge is 2.05. The number of anilines is 1. The molecule has 17 heavy (non-hydrogen) atoms. The van der Waals surface area contributed by atoms with E-state index in [1.54, 1.807) is 23.1 Å². The standard InChI is InChI=1S/C10H12N6O/c11-9-7-8(1-2-12-9)10(17)13-3-5-16-6-4-14-15-16/h1-2,4,6-7H,3,5H2,(H2,11,12)(H,13,17). The van der Waals surface area contributed by atoms with Gasteiger partial charge in [-0.05, 0) is 12.1 Å². The molecule has 0 saturated heterocycles. The third-order valence-corrected chi connectivity index (χ3v) is 2.14. The fourth-order valence-electron chi connectivity index (χ4n) is 1.33. The lowest BCUT2D eigenvalue weighted by atomic mass is 10.2. The summed E-state index contributed by atoms with van der Waals surface area (Å²) in [5.41, 5.74) is 5.99. The fraction of sp³-hybridized carbons (Fsp3) is 0.200. The lowest BCUT2D eigenvalue weighted by Crippen LogP contribution is -2.27. The molecule has 0 aliphatic carbocycles. The van der Waals surface area contributed by atoms with E-state index in [4.69, 9.17) is 5.73 Å². The molecule has 0 unspecified atom stereocenters. The highest BCUT2D eigenvalue weighted by Crippen LogP contribution is 2.02. The zero-order valence-corrected chi connectivity index (χ0v) is 9.08. The van der Waals surface area contributed by atoms with Gasteiger partial charge in [-0.25, -0.2) is 4.98 Å². The normalized spacial score (nSPS) is 10.1. The highest BCUT2D eigenvalue weighted by atomic mass is 16.1. The summed E-state index contributed by atoms with van der Waals surface area (Å²) in [4.78, 5) is 15.5. The number of aromatic nitrogens is 4. The van der Waals surface area contributed by atoms with E-state index in [-0.39, 0.29) is 5.91 Å². The lowest BCUT2D eigenvalue weighted by Gasteiger charge is -2.05. The van der Waals surface area contributed by atoms with Gasteiger partial charge in [0.05, 0.1) is 12.7 Å². The monoisotopic (exact) mass is 232 g/mol. The number of carbonyl (C=O) groups is 1. The van der Waals surface area contributed by atoms with E-state index in [1.807, 2.05) is 0 Å². The number of nitrogen functional groups attached to an aromatic ring is 1. The number of hydrogen-bond donors (Lipinski definition) is 2. The van der Waals surface area contributed by atoms with Gasteiger partial charge in [-0.2, -0.15) is 0 Å². The number of nitrogens with two attached hydrogens (primary N) is 1. The minimum absolute atomic E-state index is 0.181. The second-order valence-corrected chi connectivity index (χ2v) is 3.39. The SMILES string of the molecule is Nc1cc(C(=O)NCCn2ccnn2)ccn1. The molecule has 0 aliphatic rings. The van der Waals surface area contributed by atoms with Crippen LogP contribution in [-0.2, 0) is 6.54 Å². The van der Waals surface area contributed by atoms with Crippen LogP contribution in [-0.4, -0.2) is 32.4 Å². The summed E-state index contributed by atoms with van der Waals surface area (Å²) in [6.07, 6.45) is 4.82. The summed E-state index contributed by atoms with van der Waals surface area (Å²) in [5.74, 6) is 0.146. The average Bonchev–Trinajstić information content (AvgIpc) is 2.82. The number of pyridine rings is 1. The summed E-state index contributed by atoms with van der Waals surface area (Å²) in [7, 11) is 0. The maximum Gasteiger partial charge on any atom is 0.251 e. The summed E-state index contributed by atoms with van der Waals surface area (Å²) in [6.45, 7) is 1.05. The topological polar surface area (TPSA) is 98.7 Å². The Bertz CT molecular complexity index is 495. The Morgan fingerprint density at radius 3 is 3.06 bits per heavy atom. The molecule has 2 rings (SSSR count). The van der Waals surface area contributed by atoms with E-state index in [1.165, 1.54) is 12.3 Å². The molecular formula is C10H12N6O. The molecule has 0 saturated carbocycles. The molecule has 7 heteroatoms. The first-order chi connectivity index (χ1) is 8.25. The van der Waals surface area contributed by atoms with E-state index in [0.717, 1.165) is 0 Å². The van der Waals surface area contributed by atoms with Crippen molar-refractivity contribution < 1.29 is 4.79 Å². The fourth-order valence-corrected chi connectivity index (χ4v) is 1.33. The molecule has 3 N–H and O–H groups in total. The molecule has 0 spiro atoms. The van der Waals surface area contributed by atoms with E-state index >= 15 is 0 Å². The second-order valence-electron chi connectivity index (χ2n) is 3.39. The Kier molecular flexibility index (Phi) is 3.29. The lowest BCUT2D eigenvalue weighted by molar-refractivity contribution is 0.0952. The van der Waals surface area contributed by atoms with Gasteiger partial charge in [0.15, 0.2) is 0 Å². The van der Waals surface area contributed by atoms with Crippen molar-refractivity contribution in [2.45, 2.75) is 6.54 Å². The van der Waals surface area contributed by atoms with Crippen LogP contribution in [0.4, 0.5) is 5.82 Å². The third-order valence-electron chi connectivity index (χ3n) is 2.14. The van der Waals surface area contributed by atoms with Crippen LogP contribution in [0.25, 0.3) is 0 Å². The van der Waals surface area contributed by atoms with E-state index < -0.39 is 0 Å². The molecule has 0 bridgehead atoms. The molecule has 1 amide bonds. The number of amides is 1. The average molecular weight is 232 g/mol. The zero-order chi connectivity index (χ0) is 12.1. The number of rotatable bonds is 4. The molecule has 0 atom stereocenters. The Balaban J connectivity index is 1.85. The predicted molar refractivity (Wildman–Crippen MR) is 61.0 cm³/mol. The largest absolute Gasteiger partial charge is 0.384 e. The molecule has 2 heterocycles.